The van der Waals surface area contributed by atoms with Crippen molar-refractivity contribution >= 4 is 44.3 Å². The summed E-state index contributed by atoms with van der Waals surface area (Å²) < 4.78 is 2.37. The number of fused-ring (bicyclic) bond motifs is 4. The minimum absolute atomic E-state index is 1.06. The standard InChI is InChI=1S/C45H31N3/c1-3-11-32(12-4-1)33-21-23-37(24-22-33)48(38-25-27-46-28-26-38)39-17-9-15-35(29-39)40-19-10-16-36-30-44-45(34-13-5-2-6-14-34)41-18-7-8-20-43(41)47(44)31-42(36)40/h1-31H. The van der Waals surface area contributed by atoms with Crippen LogP contribution < -0.4 is 4.90 Å². The van der Waals surface area contributed by atoms with E-state index >= 15 is 0 Å². The van der Waals surface area contributed by atoms with E-state index in [9.17, 15) is 0 Å². The van der Waals surface area contributed by atoms with Crippen molar-refractivity contribution in [3.8, 4) is 33.4 Å². The second-order valence-corrected chi connectivity index (χ2v) is 12.1. The third-order valence-corrected chi connectivity index (χ3v) is 9.27. The monoisotopic (exact) mass is 613 g/mol. The van der Waals surface area contributed by atoms with Crippen molar-refractivity contribution in [3.63, 3.8) is 0 Å². The summed E-state index contributed by atoms with van der Waals surface area (Å²) in [6, 6.07) is 60.7. The SMILES string of the molecule is c1ccc(-c2ccc(N(c3ccncc3)c3cccc(-c4cccc5cc6c(-c7ccccc7)c7ccccc7n6cc45)c3)cc2)cc1. The van der Waals surface area contributed by atoms with E-state index in [-0.39, 0.29) is 0 Å². The van der Waals surface area contributed by atoms with Crippen LogP contribution in [0.4, 0.5) is 17.1 Å². The van der Waals surface area contributed by atoms with E-state index in [2.05, 4.69) is 190 Å². The number of hydrogen-bond acceptors (Lipinski definition) is 2. The molecule has 0 aliphatic carbocycles. The van der Waals surface area contributed by atoms with E-state index in [1.807, 2.05) is 12.4 Å². The molecule has 0 saturated heterocycles. The van der Waals surface area contributed by atoms with Crippen molar-refractivity contribution in [2.75, 3.05) is 4.90 Å². The lowest BCUT2D eigenvalue weighted by Crippen LogP contribution is -2.10. The summed E-state index contributed by atoms with van der Waals surface area (Å²) in [7, 11) is 0. The molecule has 48 heavy (non-hydrogen) atoms. The van der Waals surface area contributed by atoms with Crippen LogP contribution in [0.15, 0.2) is 188 Å². The summed E-state index contributed by atoms with van der Waals surface area (Å²) in [5.41, 5.74) is 12.9. The van der Waals surface area contributed by atoms with Crippen LogP contribution in [0.2, 0.25) is 0 Å². The molecule has 0 aliphatic heterocycles. The van der Waals surface area contributed by atoms with Gasteiger partial charge in [0.1, 0.15) is 0 Å². The molecule has 0 bridgehead atoms. The number of anilines is 3. The maximum absolute atomic E-state index is 4.31. The van der Waals surface area contributed by atoms with Gasteiger partial charge in [-0.2, -0.15) is 0 Å². The molecule has 0 N–H and O–H groups in total. The first kappa shape index (κ1) is 27.8. The van der Waals surface area contributed by atoms with E-state index in [4.69, 9.17) is 0 Å². The Morgan fingerprint density at radius 2 is 1.06 bits per heavy atom. The number of para-hydroxylation sites is 1. The van der Waals surface area contributed by atoms with Crippen molar-refractivity contribution in [1.82, 2.24) is 9.38 Å². The normalized spacial score (nSPS) is 11.3. The van der Waals surface area contributed by atoms with Crippen LogP contribution in [0.3, 0.4) is 0 Å². The Morgan fingerprint density at radius 1 is 0.417 bits per heavy atom. The minimum atomic E-state index is 1.06. The molecule has 0 unspecified atom stereocenters. The maximum atomic E-state index is 4.31. The molecule has 9 aromatic rings. The van der Waals surface area contributed by atoms with Crippen LogP contribution in [0.25, 0.3) is 60.6 Å². The summed E-state index contributed by atoms with van der Waals surface area (Å²) in [6.45, 7) is 0. The Balaban J connectivity index is 1.19. The molecular weight excluding hydrogens is 583 g/mol. The van der Waals surface area contributed by atoms with Gasteiger partial charge in [0.25, 0.3) is 0 Å². The molecule has 0 saturated carbocycles. The lowest BCUT2D eigenvalue weighted by atomic mass is 9.97. The highest BCUT2D eigenvalue weighted by atomic mass is 15.1. The average molecular weight is 614 g/mol. The molecule has 226 valence electrons. The zero-order chi connectivity index (χ0) is 31.9. The fourth-order valence-electron chi connectivity index (χ4n) is 7.04. The minimum Gasteiger partial charge on any atom is -0.315 e. The molecular formula is C45H31N3. The smallest absolute Gasteiger partial charge is 0.0547 e. The fraction of sp³-hybridized carbons (Fsp3) is 0. The topological polar surface area (TPSA) is 20.5 Å². The van der Waals surface area contributed by atoms with E-state index < -0.39 is 0 Å². The average Bonchev–Trinajstić information content (AvgIpc) is 3.48. The van der Waals surface area contributed by atoms with Crippen LogP contribution >= 0.6 is 0 Å². The number of nitrogens with zero attached hydrogens (tertiary/aromatic N) is 3. The third kappa shape index (κ3) is 4.81. The molecule has 9 rings (SSSR count). The largest absolute Gasteiger partial charge is 0.315 e. The van der Waals surface area contributed by atoms with Crippen LogP contribution in [0.1, 0.15) is 0 Å². The lowest BCUT2D eigenvalue weighted by Gasteiger charge is -2.26. The highest BCUT2D eigenvalue weighted by Crippen LogP contribution is 2.41. The van der Waals surface area contributed by atoms with E-state index in [0.717, 1.165) is 22.6 Å². The second kappa shape index (κ2) is 11.7. The molecule has 6 aromatic carbocycles. The number of hydrogen-bond donors (Lipinski definition) is 0. The van der Waals surface area contributed by atoms with Crippen LogP contribution in [-0.4, -0.2) is 9.38 Å². The van der Waals surface area contributed by atoms with Gasteiger partial charge in [-0.25, -0.2) is 0 Å². The summed E-state index contributed by atoms with van der Waals surface area (Å²) in [4.78, 5) is 6.61. The summed E-state index contributed by atoms with van der Waals surface area (Å²) in [6.07, 6.45) is 6.03. The first-order chi connectivity index (χ1) is 23.8. The molecule has 3 heteroatoms. The first-order valence-electron chi connectivity index (χ1n) is 16.3. The van der Waals surface area contributed by atoms with E-state index in [1.54, 1.807) is 0 Å². The van der Waals surface area contributed by atoms with Crippen molar-refractivity contribution in [2.45, 2.75) is 0 Å². The third-order valence-electron chi connectivity index (χ3n) is 9.27. The quantitative estimate of drug-likeness (QED) is 0.186. The Labute approximate surface area is 279 Å². The molecule has 0 spiro atoms. The van der Waals surface area contributed by atoms with Gasteiger partial charge >= 0.3 is 0 Å². The highest BCUT2D eigenvalue weighted by Gasteiger charge is 2.17. The van der Waals surface area contributed by atoms with Gasteiger partial charge in [-0.05, 0) is 81.7 Å². The number of aromatic nitrogens is 2. The molecule has 3 nitrogen and oxygen atoms in total. The van der Waals surface area contributed by atoms with Crippen molar-refractivity contribution < 1.29 is 0 Å². The second-order valence-electron chi connectivity index (χ2n) is 12.1. The fourth-order valence-corrected chi connectivity index (χ4v) is 7.04. The van der Waals surface area contributed by atoms with Crippen LogP contribution in [0, 0.1) is 0 Å². The zero-order valence-electron chi connectivity index (χ0n) is 26.2. The molecule has 0 aliphatic rings. The van der Waals surface area contributed by atoms with E-state index in [1.165, 1.54) is 55.0 Å². The Hall–Kier alpha value is -6.45. The van der Waals surface area contributed by atoms with Gasteiger partial charge in [0, 0.05) is 52.0 Å². The number of pyridine rings is 2. The summed E-state index contributed by atoms with van der Waals surface area (Å²) in [5, 5.41) is 3.69. The van der Waals surface area contributed by atoms with Crippen LogP contribution in [-0.2, 0) is 0 Å². The van der Waals surface area contributed by atoms with Gasteiger partial charge in [-0.1, -0.05) is 121 Å². The summed E-state index contributed by atoms with van der Waals surface area (Å²) >= 11 is 0. The van der Waals surface area contributed by atoms with Gasteiger partial charge in [-0.15, -0.1) is 0 Å². The van der Waals surface area contributed by atoms with Crippen molar-refractivity contribution in [3.05, 3.63) is 188 Å². The van der Waals surface area contributed by atoms with Gasteiger partial charge in [0.2, 0.25) is 0 Å². The number of rotatable bonds is 6. The van der Waals surface area contributed by atoms with Crippen molar-refractivity contribution in [2.24, 2.45) is 0 Å². The number of benzene rings is 6. The maximum Gasteiger partial charge on any atom is 0.0547 e. The molecule has 0 radical (unpaired) electrons. The van der Waals surface area contributed by atoms with Gasteiger partial charge in [0.15, 0.2) is 0 Å². The van der Waals surface area contributed by atoms with E-state index in [0.29, 0.717) is 0 Å². The van der Waals surface area contributed by atoms with Gasteiger partial charge in [0.05, 0.1) is 11.0 Å². The Kier molecular flexibility index (Phi) is 6.80. The predicted molar refractivity (Wildman–Crippen MR) is 201 cm³/mol. The lowest BCUT2D eigenvalue weighted by molar-refractivity contribution is 1.24. The van der Waals surface area contributed by atoms with Crippen LogP contribution in [0.5, 0.6) is 0 Å². The first-order valence-corrected chi connectivity index (χ1v) is 16.3. The molecule has 0 amide bonds. The zero-order valence-corrected chi connectivity index (χ0v) is 26.2. The highest BCUT2D eigenvalue weighted by molar-refractivity contribution is 6.09. The summed E-state index contributed by atoms with van der Waals surface area (Å²) in [5.74, 6) is 0. The molecule has 0 fully saturated rings. The molecule has 0 atom stereocenters. The van der Waals surface area contributed by atoms with Gasteiger partial charge in [-0.3, -0.25) is 4.98 Å². The van der Waals surface area contributed by atoms with Gasteiger partial charge < -0.3 is 9.30 Å². The van der Waals surface area contributed by atoms with Crippen molar-refractivity contribution in [1.29, 1.82) is 0 Å². The molecule has 3 heterocycles. The molecule has 3 aromatic heterocycles. The predicted octanol–water partition coefficient (Wildman–Crippen LogP) is 12.1. The Morgan fingerprint density at radius 3 is 1.85 bits per heavy atom. The Bertz CT molecular complexity index is 2540.